The summed E-state index contributed by atoms with van der Waals surface area (Å²) >= 11 is 0. The first kappa shape index (κ1) is 62.7. The molecule has 0 bridgehead atoms. The molecular weight excluding hydrogens is 831 g/mol. The van der Waals surface area contributed by atoms with Crippen LogP contribution in [0, 0.1) is 5.92 Å². The molecule has 0 heterocycles. The molecule has 0 amide bonds. The van der Waals surface area contributed by atoms with E-state index in [4.69, 9.17) is 43.0 Å². The Morgan fingerprint density at radius 3 is 1.03 bits per heavy atom. The largest absolute Gasteiger partial charge is 0.481 e. The number of carboxylic acids is 1. The molecule has 0 saturated heterocycles. The average Bonchev–Trinajstić information content (AvgIpc) is 3.09. The average molecular weight is 920 g/mol. The van der Waals surface area contributed by atoms with Gasteiger partial charge in [0.05, 0.1) is 30.0 Å². The number of esters is 5. The minimum absolute atomic E-state index is 0.00459. The van der Waals surface area contributed by atoms with Crippen molar-refractivity contribution in [2.75, 3.05) is 59.3 Å². The lowest BCUT2D eigenvalue weighted by atomic mass is 10.1. The van der Waals surface area contributed by atoms with Crippen LogP contribution in [0.4, 0.5) is 0 Å². The Labute approximate surface area is 385 Å². The van der Waals surface area contributed by atoms with E-state index in [9.17, 15) is 28.8 Å². The summed E-state index contributed by atoms with van der Waals surface area (Å²) in [5, 5.41) is 8.76. The van der Waals surface area contributed by atoms with Crippen molar-refractivity contribution < 1.29 is 71.8 Å². The predicted octanol–water partition coefficient (Wildman–Crippen LogP) is 8.42. The molecule has 376 valence electrons. The van der Waals surface area contributed by atoms with Gasteiger partial charge in [-0.1, -0.05) is 13.8 Å². The molecule has 0 aliphatic carbocycles. The van der Waals surface area contributed by atoms with Crippen LogP contribution in [0.15, 0.2) is 0 Å². The quantitative estimate of drug-likeness (QED) is 0.0498. The molecule has 0 atom stereocenters. The first-order valence-corrected chi connectivity index (χ1v) is 23.1. The van der Waals surface area contributed by atoms with Gasteiger partial charge in [0.25, 0.3) is 0 Å². The van der Waals surface area contributed by atoms with E-state index in [0.717, 1.165) is 18.9 Å². The van der Waals surface area contributed by atoms with Crippen molar-refractivity contribution in [3.05, 3.63) is 0 Å². The fourth-order valence-electron chi connectivity index (χ4n) is 5.18. The third-order valence-electron chi connectivity index (χ3n) is 8.80. The minimum atomic E-state index is -0.999. The Balaban J connectivity index is 0. The number of ether oxygens (including phenoxy) is 8. The third kappa shape index (κ3) is 45.2. The molecule has 0 radical (unpaired) electrons. The summed E-state index contributed by atoms with van der Waals surface area (Å²) in [6.45, 7) is 32.2. The second kappa shape index (κ2) is 32.4. The van der Waals surface area contributed by atoms with E-state index in [1.165, 1.54) is 0 Å². The molecule has 0 unspecified atom stereocenters. The highest BCUT2D eigenvalue weighted by Gasteiger charge is 2.25. The van der Waals surface area contributed by atoms with Crippen molar-refractivity contribution in [1.29, 1.82) is 0 Å². The van der Waals surface area contributed by atoms with Crippen LogP contribution in [0.2, 0.25) is 0 Å². The second-order valence-electron chi connectivity index (χ2n) is 20.5. The van der Waals surface area contributed by atoms with Gasteiger partial charge in [0.1, 0.15) is 31.0 Å². The number of carbonyl (C=O) groups is 6. The SMILES string of the molecule is CC(C)(C)OCCC(C)(C)OC(=O)CCCC(=O)OCCN(CCOC(=O)CCCC(=O)O)CCOC(=O)CCCC(=O)OC(C)(C)CCOC(C)(C)C.CC(C)CCOC(C)(C)C. The number of carbonyl (C=O) groups excluding carboxylic acids is 5. The fourth-order valence-corrected chi connectivity index (χ4v) is 5.18. The number of rotatable bonds is 32. The summed E-state index contributed by atoms with van der Waals surface area (Å²) < 4.78 is 44.0. The van der Waals surface area contributed by atoms with E-state index < -0.39 is 47.0 Å². The molecule has 0 aliphatic heterocycles. The van der Waals surface area contributed by atoms with Crippen molar-refractivity contribution in [3.8, 4) is 0 Å². The highest BCUT2D eigenvalue weighted by molar-refractivity contribution is 5.73. The second-order valence-corrected chi connectivity index (χ2v) is 20.5. The zero-order chi connectivity index (χ0) is 49.6. The van der Waals surface area contributed by atoms with Crippen LogP contribution in [-0.4, -0.2) is 133 Å². The molecule has 0 saturated carbocycles. The number of nitrogens with zero attached hydrogens (tertiary/aromatic N) is 1. The maximum absolute atomic E-state index is 12.4. The van der Waals surface area contributed by atoms with E-state index in [1.807, 2.05) is 69.2 Å². The van der Waals surface area contributed by atoms with Gasteiger partial charge in [0.2, 0.25) is 0 Å². The summed E-state index contributed by atoms with van der Waals surface area (Å²) in [6, 6.07) is 0. The van der Waals surface area contributed by atoms with Gasteiger partial charge in [0, 0.05) is 77.6 Å². The Hall–Kier alpha value is -3.34. The van der Waals surface area contributed by atoms with E-state index >= 15 is 0 Å². The zero-order valence-electron chi connectivity index (χ0n) is 42.5. The van der Waals surface area contributed by atoms with Gasteiger partial charge >= 0.3 is 35.8 Å². The van der Waals surface area contributed by atoms with E-state index in [2.05, 4.69) is 34.6 Å². The highest BCUT2D eigenvalue weighted by Crippen LogP contribution is 2.20. The minimum Gasteiger partial charge on any atom is -0.481 e. The first-order valence-electron chi connectivity index (χ1n) is 23.1. The molecule has 16 heteroatoms. The molecule has 64 heavy (non-hydrogen) atoms. The summed E-state index contributed by atoms with van der Waals surface area (Å²) in [5.74, 6) is -2.58. The molecule has 0 aliphatic rings. The van der Waals surface area contributed by atoms with Crippen LogP contribution in [0.3, 0.4) is 0 Å². The molecule has 0 aromatic rings. The number of hydrogen-bond acceptors (Lipinski definition) is 15. The standard InChI is InChI=1S/C39H69NO14.C9H20O/c1-36(2,3)51-25-20-38(7,8)53-34(46)18-12-16-32(44)49-28-23-40(22-27-48-31(43)15-11-14-30(41)42)24-29-50-33(45)17-13-19-35(47)54-39(9,10)21-26-52-37(4,5)6;1-8(2)6-7-10-9(3,4)5/h11-29H2,1-10H3,(H,41,42);8H,6-7H2,1-5H3. The van der Waals surface area contributed by atoms with Crippen LogP contribution in [0.5, 0.6) is 0 Å². The van der Waals surface area contributed by atoms with Gasteiger partial charge in [0.15, 0.2) is 0 Å². The van der Waals surface area contributed by atoms with E-state index in [1.54, 1.807) is 4.90 Å². The Kier molecular flexibility index (Phi) is 31.7. The number of hydrogen-bond donors (Lipinski definition) is 1. The van der Waals surface area contributed by atoms with Gasteiger partial charge < -0.3 is 43.0 Å². The Morgan fingerprint density at radius 1 is 0.438 bits per heavy atom. The van der Waals surface area contributed by atoms with Crippen molar-refractivity contribution in [2.45, 2.75) is 209 Å². The number of carboxylic acid groups (broad SMARTS) is 1. The van der Waals surface area contributed by atoms with Crippen LogP contribution in [0.1, 0.15) is 181 Å². The van der Waals surface area contributed by atoms with Gasteiger partial charge in [-0.25, -0.2) is 0 Å². The fraction of sp³-hybridized carbons (Fsp3) is 0.875. The van der Waals surface area contributed by atoms with Crippen LogP contribution in [0.25, 0.3) is 0 Å². The Morgan fingerprint density at radius 2 is 0.734 bits per heavy atom. The van der Waals surface area contributed by atoms with Crippen LogP contribution >= 0.6 is 0 Å². The van der Waals surface area contributed by atoms with Crippen molar-refractivity contribution in [3.63, 3.8) is 0 Å². The molecule has 0 fully saturated rings. The maximum Gasteiger partial charge on any atom is 0.306 e. The van der Waals surface area contributed by atoms with Gasteiger partial charge in [-0.3, -0.25) is 33.7 Å². The van der Waals surface area contributed by atoms with Crippen LogP contribution in [-0.2, 0) is 66.7 Å². The van der Waals surface area contributed by atoms with Crippen molar-refractivity contribution in [2.24, 2.45) is 5.92 Å². The van der Waals surface area contributed by atoms with Gasteiger partial charge in [-0.05, 0) is 122 Å². The first-order chi connectivity index (χ1) is 29.3. The van der Waals surface area contributed by atoms with E-state index in [-0.39, 0.29) is 114 Å². The molecule has 0 rings (SSSR count). The normalized spacial score (nSPS) is 12.3. The van der Waals surface area contributed by atoms with Gasteiger partial charge in [-0.15, -0.1) is 0 Å². The van der Waals surface area contributed by atoms with Gasteiger partial charge in [-0.2, -0.15) is 0 Å². The smallest absolute Gasteiger partial charge is 0.306 e. The summed E-state index contributed by atoms with van der Waals surface area (Å²) in [5.41, 5.74) is -1.96. The third-order valence-corrected chi connectivity index (χ3v) is 8.80. The molecule has 1 N–H and O–H groups in total. The Bertz CT molecular complexity index is 1270. The summed E-state index contributed by atoms with van der Waals surface area (Å²) in [7, 11) is 0. The lowest BCUT2D eigenvalue weighted by molar-refractivity contribution is -0.160. The summed E-state index contributed by atoms with van der Waals surface area (Å²) in [4.78, 5) is 73.9. The van der Waals surface area contributed by atoms with Crippen molar-refractivity contribution in [1.82, 2.24) is 4.90 Å². The van der Waals surface area contributed by atoms with E-state index in [0.29, 0.717) is 26.1 Å². The zero-order valence-corrected chi connectivity index (χ0v) is 42.5. The van der Waals surface area contributed by atoms with Crippen molar-refractivity contribution >= 4 is 35.8 Å². The molecule has 0 aromatic heterocycles. The highest BCUT2D eigenvalue weighted by atomic mass is 16.6. The molecule has 0 spiro atoms. The summed E-state index contributed by atoms with van der Waals surface area (Å²) in [6.07, 6.45) is 2.87. The monoisotopic (exact) mass is 920 g/mol. The lowest BCUT2D eigenvalue weighted by Crippen LogP contribution is -2.35. The maximum atomic E-state index is 12.4. The molecule has 16 nitrogen and oxygen atoms in total. The number of aliphatic carboxylic acids is 1. The molecule has 0 aromatic carbocycles. The predicted molar refractivity (Wildman–Crippen MR) is 245 cm³/mol. The molecular formula is C48H89NO15. The lowest BCUT2D eigenvalue weighted by Gasteiger charge is -2.27. The topological polar surface area (TPSA) is 200 Å². The van der Waals surface area contributed by atoms with Crippen LogP contribution < -0.4 is 0 Å².